The average molecular weight is 412 g/mol. The molecule has 7 heteroatoms. The first-order valence-corrected chi connectivity index (χ1v) is 10.5. The van der Waals surface area contributed by atoms with Crippen molar-refractivity contribution >= 4 is 6.03 Å². The number of aromatic nitrogens is 1. The molecule has 1 N–H and O–H groups in total. The van der Waals surface area contributed by atoms with Crippen LogP contribution in [0.1, 0.15) is 42.9 Å². The lowest BCUT2D eigenvalue weighted by molar-refractivity contribution is 0.191. The summed E-state index contributed by atoms with van der Waals surface area (Å²) in [6.45, 7) is 1.89. The van der Waals surface area contributed by atoms with Gasteiger partial charge in [-0.05, 0) is 49.3 Å². The van der Waals surface area contributed by atoms with Crippen molar-refractivity contribution in [2.45, 2.75) is 38.3 Å². The Morgan fingerprint density at radius 2 is 2.03 bits per heavy atom. The van der Waals surface area contributed by atoms with Gasteiger partial charge >= 0.3 is 6.03 Å². The molecule has 1 unspecified atom stereocenters. The van der Waals surface area contributed by atoms with E-state index in [9.17, 15) is 4.79 Å². The Morgan fingerprint density at radius 3 is 2.73 bits per heavy atom. The molecule has 2 aliphatic rings. The van der Waals surface area contributed by atoms with Gasteiger partial charge in [0.05, 0.1) is 26.9 Å². The number of nitrogens with one attached hydrogen (secondary N) is 1. The summed E-state index contributed by atoms with van der Waals surface area (Å²) in [7, 11) is 3.27. The Kier molecular flexibility index (Phi) is 6.26. The van der Waals surface area contributed by atoms with Gasteiger partial charge in [0.1, 0.15) is 11.5 Å². The maximum absolute atomic E-state index is 12.9. The minimum Gasteiger partial charge on any atom is -0.497 e. The van der Waals surface area contributed by atoms with Gasteiger partial charge in [-0.2, -0.15) is 0 Å². The van der Waals surface area contributed by atoms with Crippen molar-refractivity contribution in [3.8, 4) is 17.4 Å². The van der Waals surface area contributed by atoms with E-state index < -0.39 is 0 Å². The second kappa shape index (κ2) is 9.24. The molecular formula is C23H29N3O4. The molecule has 2 aromatic rings. The van der Waals surface area contributed by atoms with Crippen LogP contribution in [0.5, 0.6) is 17.4 Å². The molecule has 1 aliphatic heterocycles. The minimum absolute atomic E-state index is 0.0119. The van der Waals surface area contributed by atoms with Crippen LogP contribution < -0.4 is 19.5 Å². The molecule has 1 atom stereocenters. The predicted molar refractivity (Wildman–Crippen MR) is 113 cm³/mol. The molecular weight excluding hydrogens is 382 g/mol. The topological polar surface area (TPSA) is 72.9 Å². The number of urea groups is 1. The Balaban J connectivity index is 1.35. The molecule has 1 aliphatic carbocycles. The summed E-state index contributed by atoms with van der Waals surface area (Å²) in [5.41, 5.74) is 1.95. The first-order valence-electron chi connectivity index (χ1n) is 10.5. The van der Waals surface area contributed by atoms with Crippen molar-refractivity contribution in [1.82, 2.24) is 15.2 Å². The minimum atomic E-state index is -0.0792. The molecule has 1 aromatic carbocycles. The lowest BCUT2D eigenvalue weighted by atomic mass is 10.0. The molecule has 2 fully saturated rings. The molecule has 0 radical (unpaired) electrons. The largest absolute Gasteiger partial charge is 0.497 e. The summed E-state index contributed by atoms with van der Waals surface area (Å²) in [5.74, 6) is 2.82. The number of hydrogen-bond donors (Lipinski definition) is 1. The number of pyridine rings is 1. The van der Waals surface area contributed by atoms with Crippen molar-refractivity contribution in [3.63, 3.8) is 0 Å². The van der Waals surface area contributed by atoms with Gasteiger partial charge in [-0.1, -0.05) is 6.07 Å². The predicted octanol–water partition coefficient (Wildman–Crippen LogP) is 3.93. The van der Waals surface area contributed by atoms with Gasteiger partial charge in [-0.3, -0.25) is 0 Å². The Morgan fingerprint density at radius 1 is 1.17 bits per heavy atom. The molecule has 2 amide bonds. The van der Waals surface area contributed by atoms with E-state index in [1.165, 1.54) is 12.8 Å². The molecule has 30 heavy (non-hydrogen) atoms. The standard InChI is InChI=1S/C23H29N3O4/c1-28-18-8-9-19(21(12-18)29-2)20-4-3-11-26(20)23(27)25-14-17-7-10-22(24-13-17)30-15-16-5-6-16/h7-10,12-13,16,20H,3-6,11,14-15H2,1-2H3,(H,25,27). The monoisotopic (exact) mass is 411 g/mol. The van der Waals surface area contributed by atoms with E-state index in [1.54, 1.807) is 20.4 Å². The van der Waals surface area contributed by atoms with E-state index in [0.29, 0.717) is 18.3 Å². The maximum atomic E-state index is 12.9. The summed E-state index contributed by atoms with van der Waals surface area (Å²) in [5, 5.41) is 3.02. The van der Waals surface area contributed by atoms with Gasteiger partial charge < -0.3 is 24.4 Å². The zero-order valence-corrected chi connectivity index (χ0v) is 17.6. The van der Waals surface area contributed by atoms with Crippen molar-refractivity contribution < 1.29 is 19.0 Å². The highest BCUT2D eigenvalue weighted by molar-refractivity contribution is 5.75. The molecule has 7 nitrogen and oxygen atoms in total. The highest BCUT2D eigenvalue weighted by Gasteiger charge is 2.32. The number of nitrogens with zero attached hydrogens (tertiary/aromatic N) is 2. The second-order valence-corrected chi connectivity index (χ2v) is 7.88. The van der Waals surface area contributed by atoms with Crippen molar-refractivity contribution in [2.24, 2.45) is 5.92 Å². The maximum Gasteiger partial charge on any atom is 0.318 e. The quantitative estimate of drug-likeness (QED) is 0.712. The van der Waals surface area contributed by atoms with Crippen LogP contribution in [0.4, 0.5) is 4.79 Å². The number of benzene rings is 1. The number of rotatable bonds is 8. The molecule has 1 saturated carbocycles. The summed E-state index contributed by atoms with van der Waals surface area (Å²) in [6.07, 6.45) is 6.14. The fraction of sp³-hybridized carbons (Fsp3) is 0.478. The summed E-state index contributed by atoms with van der Waals surface area (Å²) >= 11 is 0. The van der Waals surface area contributed by atoms with Crippen LogP contribution in [0.25, 0.3) is 0 Å². The lowest BCUT2D eigenvalue weighted by Gasteiger charge is -2.26. The van der Waals surface area contributed by atoms with Crippen LogP contribution in [0, 0.1) is 5.92 Å². The number of carbonyl (C=O) groups excluding carboxylic acids is 1. The fourth-order valence-electron chi connectivity index (χ4n) is 3.79. The number of likely N-dealkylation sites (tertiary alicyclic amines) is 1. The van der Waals surface area contributed by atoms with E-state index >= 15 is 0 Å². The van der Waals surface area contributed by atoms with Gasteiger partial charge in [0.25, 0.3) is 0 Å². The van der Waals surface area contributed by atoms with Crippen LogP contribution in [0.3, 0.4) is 0 Å². The van der Waals surface area contributed by atoms with Crippen molar-refractivity contribution in [1.29, 1.82) is 0 Å². The van der Waals surface area contributed by atoms with Gasteiger partial charge in [-0.25, -0.2) is 9.78 Å². The number of ether oxygens (including phenoxy) is 3. The van der Waals surface area contributed by atoms with E-state index in [4.69, 9.17) is 14.2 Å². The molecule has 2 heterocycles. The smallest absolute Gasteiger partial charge is 0.318 e. The lowest BCUT2D eigenvalue weighted by Crippen LogP contribution is -2.39. The summed E-state index contributed by atoms with van der Waals surface area (Å²) in [6, 6.07) is 9.48. The zero-order chi connectivity index (χ0) is 20.9. The zero-order valence-electron chi connectivity index (χ0n) is 17.6. The molecule has 0 bridgehead atoms. The Hall–Kier alpha value is -2.96. The van der Waals surface area contributed by atoms with Gasteiger partial charge in [0.15, 0.2) is 0 Å². The van der Waals surface area contributed by atoms with Crippen LogP contribution in [0.15, 0.2) is 36.5 Å². The SMILES string of the molecule is COc1ccc(C2CCCN2C(=O)NCc2ccc(OCC3CC3)nc2)c(OC)c1. The highest BCUT2D eigenvalue weighted by atomic mass is 16.5. The van der Waals surface area contributed by atoms with Gasteiger partial charge in [-0.15, -0.1) is 0 Å². The van der Waals surface area contributed by atoms with Gasteiger partial charge in [0.2, 0.25) is 5.88 Å². The van der Waals surface area contributed by atoms with Gasteiger partial charge in [0, 0.05) is 37.0 Å². The van der Waals surface area contributed by atoms with Crippen molar-refractivity contribution in [2.75, 3.05) is 27.4 Å². The third kappa shape index (κ3) is 4.78. The summed E-state index contributed by atoms with van der Waals surface area (Å²) in [4.78, 5) is 19.1. The second-order valence-electron chi connectivity index (χ2n) is 7.88. The number of methoxy groups -OCH3 is 2. The van der Waals surface area contributed by atoms with E-state index in [2.05, 4.69) is 10.3 Å². The van der Waals surface area contributed by atoms with Crippen molar-refractivity contribution in [3.05, 3.63) is 47.7 Å². The van der Waals surface area contributed by atoms with E-state index in [0.717, 1.165) is 48.6 Å². The van der Waals surface area contributed by atoms with E-state index in [-0.39, 0.29) is 12.1 Å². The molecule has 1 saturated heterocycles. The average Bonchev–Trinajstić information content (AvgIpc) is 3.50. The Bertz CT molecular complexity index is 867. The molecule has 0 spiro atoms. The summed E-state index contributed by atoms with van der Waals surface area (Å²) < 4.78 is 16.5. The van der Waals surface area contributed by atoms with Crippen LogP contribution in [-0.2, 0) is 6.54 Å². The fourth-order valence-corrected chi connectivity index (χ4v) is 3.79. The van der Waals surface area contributed by atoms with Crippen LogP contribution in [-0.4, -0.2) is 43.3 Å². The number of hydrogen-bond acceptors (Lipinski definition) is 5. The number of carbonyl (C=O) groups is 1. The van der Waals surface area contributed by atoms with Crippen LogP contribution >= 0.6 is 0 Å². The first kappa shape index (κ1) is 20.3. The highest BCUT2D eigenvalue weighted by Crippen LogP contribution is 2.38. The Labute approximate surface area is 177 Å². The normalized spacial score (nSPS) is 18.2. The van der Waals surface area contributed by atoms with E-state index in [1.807, 2.05) is 35.2 Å². The first-order chi connectivity index (χ1) is 14.7. The molecule has 160 valence electrons. The molecule has 1 aromatic heterocycles. The molecule has 4 rings (SSSR count). The third-order valence-electron chi connectivity index (χ3n) is 5.72. The number of amides is 2. The van der Waals surface area contributed by atoms with Crippen LogP contribution in [0.2, 0.25) is 0 Å². The third-order valence-corrected chi connectivity index (χ3v) is 5.72.